The van der Waals surface area contributed by atoms with Gasteiger partial charge in [-0.2, -0.15) is 0 Å². The van der Waals surface area contributed by atoms with Crippen LogP contribution >= 0.6 is 15.9 Å². The van der Waals surface area contributed by atoms with E-state index < -0.39 is 0 Å². The molecule has 2 aromatic rings. The second-order valence-electron chi connectivity index (χ2n) is 6.68. The maximum Gasteiger partial charge on any atom is 0.257 e. The fourth-order valence-corrected chi connectivity index (χ4v) is 2.75. The molecule has 0 radical (unpaired) electrons. The summed E-state index contributed by atoms with van der Waals surface area (Å²) in [5, 5.41) is 2.95. The van der Waals surface area contributed by atoms with E-state index in [4.69, 9.17) is 9.47 Å². The number of halogens is 1. The molecule has 0 aliphatic rings. The zero-order chi connectivity index (χ0) is 18.3. The number of methoxy groups -OCH3 is 1. The fourth-order valence-electron chi connectivity index (χ4n) is 2.49. The van der Waals surface area contributed by atoms with Gasteiger partial charge in [0.15, 0.2) is 18.1 Å². The molecular formula is C20H24BrNO3. The van der Waals surface area contributed by atoms with E-state index in [1.165, 1.54) is 5.56 Å². The van der Waals surface area contributed by atoms with Crippen molar-refractivity contribution in [3.63, 3.8) is 0 Å². The van der Waals surface area contributed by atoms with Crippen LogP contribution in [-0.2, 0) is 11.2 Å². The SMILES string of the molecule is COc1ccccc1OCC(=O)NCC(C)(C)Cc1ccc(Br)cc1. The van der Waals surface area contributed by atoms with Gasteiger partial charge in [0.25, 0.3) is 5.91 Å². The van der Waals surface area contributed by atoms with E-state index in [9.17, 15) is 4.79 Å². The number of ether oxygens (including phenoxy) is 2. The van der Waals surface area contributed by atoms with E-state index in [1.54, 1.807) is 19.2 Å². The van der Waals surface area contributed by atoms with Crippen LogP contribution in [0, 0.1) is 5.41 Å². The second-order valence-corrected chi connectivity index (χ2v) is 7.60. The number of amides is 1. The van der Waals surface area contributed by atoms with Crippen molar-refractivity contribution in [1.29, 1.82) is 0 Å². The van der Waals surface area contributed by atoms with Gasteiger partial charge in [-0.25, -0.2) is 0 Å². The molecule has 0 aliphatic carbocycles. The molecule has 0 aliphatic heterocycles. The highest BCUT2D eigenvalue weighted by Gasteiger charge is 2.20. The summed E-state index contributed by atoms with van der Waals surface area (Å²) in [6, 6.07) is 15.5. The molecule has 2 aromatic carbocycles. The van der Waals surface area contributed by atoms with Gasteiger partial charge in [0.1, 0.15) is 0 Å². The normalized spacial score (nSPS) is 11.0. The van der Waals surface area contributed by atoms with Crippen molar-refractivity contribution in [1.82, 2.24) is 5.32 Å². The lowest BCUT2D eigenvalue weighted by atomic mass is 9.85. The predicted molar refractivity (Wildman–Crippen MR) is 103 cm³/mol. The van der Waals surface area contributed by atoms with E-state index in [-0.39, 0.29) is 17.9 Å². The molecular weight excluding hydrogens is 382 g/mol. The molecule has 0 unspecified atom stereocenters. The van der Waals surface area contributed by atoms with E-state index in [0.29, 0.717) is 18.0 Å². The first-order valence-corrected chi connectivity index (χ1v) is 8.96. The zero-order valence-electron chi connectivity index (χ0n) is 14.8. The van der Waals surface area contributed by atoms with Gasteiger partial charge in [-0.15, -0.1) is 0 Å². The van der Waals surface area contributed by atoms with Gasteiger partial charge < -0.3 is 14.8 Å². The number of benzene rings is 2. The van der Waals surface area contributed by atoms with E-state index in [1.807, 2.05) is 24.3 Å². The summed E-state index contributed by atoms with van der Waals surface area (Å²) in [5.41, 5.74) is 1.20. The molecule has 0 heterocycles. The second kappa shape index (κ2) is 8.90. The number of hydrogen-bond acceptors (Lipinski definition) is 3. The van der Waals surface area contributed by atoms with Crippen molar-refractivity contribution in [2.24, 2.45) is 5.41 Å². The maximum absolute atomic E-state index is 12.1. The molecule has 5 heteroatoms. The quantitative estimate of drug-likeness (QED) is 0.714. The molecule has 1 N–H and O–H groups in total. The monoisotopic (exact) mass is 405 g/mol. The highest BCUT2D eigenvalue weighted by Crippen LogP contribution is 2.25. The minimum Gasteiger partial charge on any atom is -0.493 e. The lowest BCUT2D eigenvalue weighted by Crippen LogP contribution is -2.37. The molecule has 0 atom stereocenters. The summed E-state index contributed by atoms with van der Waals surface area (Å²) in [6.45, 7) is 4.82. The largest absolute Gasteiger partial charge is 0.493 e. The Morgan fingerprint density at radius 2 is 1.72 bits per heavy atom. The first-order chi connectivity index (χ1) is 11.9. The Balaban J connectivity index is 1.81. The molecule has 0 saturated heterocycles. The van der Waals surface area contributed by atoms with Crippen molar-refractivity contribution in [3.8, 4) is 11.5 Å². The standard InChI is InChI=1S/C20H24BrNO3/c1-20(2,12-15-8-10-16(21)11-9-15)14-22-19(23)13-25-18-7-5-4-6-17(18)24-3/h4-11H,12-14H2,1-3H3,(H,22,23). The average Bonchev–Trinajstić information content (AvgIpc) is 2.60. The number of para-hydroxylation sites is 2. The van der Waals surface area contributed by atoms with E-state index >= 15 is 0 Å². The molecule has 0 spiro atoms. The number of carbonyl (C=O) groups is 1. The summed E-state index contributed by atoms with van der Waals surface area (Å²) in [5.74, 6) is 1.04. The highest BCUT2D eigenvalue weighted by molar-refractivity contribution is 9.10. The highest BCUT2D eigenvalue weighted by atomic mass is 79.9. The van der Waals surface area contributed by atoms with Gasteiger partial charge in [0.05, 0.1) is 7.11 Å². The van der Waals surface area contributed by atoms with Crippen molar-refractivity contribution in [3.05, 3.63) is 58.6 Å². The molecule has 134 valence electrons. The summed E-state index contributed by atoms with van der Waals surface area (Å²) in [4.78, 5) is 12.1. The molecule has 0 aromatic heterocycles. The van der Waals surface area contributed by atoms with E-state index in [0.717, 1.165) is 10.9 Å². The van der Waals surface area contributed by atoms with Gasteiger partial charge >= 0.3 is 0 Å². The molecule has 0 bridgehead atoms. The van der Waals surface area contributed by atoms with Crippen LogP contribution in [0.2, 0.25) is 0 Å². The van der Waals surface area contributed by atoms with Crippen LogP contribution in [0.1, 0.15) is 19.4 Å². The van der Waals surface area contributed by atoms with Crippen LogP contribution in [0.4, 0.5) is 0 Å². The van der Waals surface area contributed by atoms with E-state index in [2.05, 4.69) is 47.2 Å². The number of carbonyl (C=O) groups excluding carboxylic acids is 1. The molecule has 4 nitrogen and oxygen atoms in total. The minimum absolute atomic E-state index is 0.0330. The number of hydrogen-bond donors (Lipinski definition) is 1. The summed E-state index contributed by atoms with van der Waals surface area (Å²) in [6.07, 6.45) is 0.883. The third kappa shape index (κ3) is 6.42. The number of nitrogens with one attached hydrogen (secondary N) is 1. The van der Waals surface area contributed by atoms with Crippen molar-refractivity contribution < 1.29 is 14.3 Å². The minimum atomic E-state index is -0.144. The predicted octanol–water partition coefficient (Wildman–Crippen LogP) is 4.22. The summed E-state index contributed by atoms with van der Waals surface area (Å²) in [7, 11) is 1.58. The van der Waals surface area contributed by atoms with Gasteiger partial charge in [0, 0.05) is 11.0 Å². The Morgan fingerprint density at radius 1 is 1.08 bits per heavy atom. The zero-order valence-corrected chi connectivity index (χ0v) is 16.4. The topological polar surface area (TPSA) is 47.6 Å². The van der Waals surface area contributed by atoms with Crippen LogP contribution in [-0.4, -0.2) is 26.2 Å². The smallest absolute Gasteiger partial charge is 0.257 e. The fraction of sp³-hybridized carbons (Fsp3) is 0.350. The van der Waals surface area contributed by atoms with Crippen LogP contribution in [0.15, 0.2) is 53.0 Å². The molecule has 2 rings (SSSR count). The summed E-state index contributed by atoms with van der Waals surface area (Å²) >= 11 is 3.44. The number of rotatable bonds is 8. The average molecular weight is 406 g/mol. The third-order valence-electron chi connectivity index (χ3n) is 3.79. The molecule has 0 saturated carbocycles. The third-order valence-corrected chi connectivity index (χ3v) is 4.32. The van der Waals surface area contributed by atoms with Crippen LogP contribution in [0.25, 0.3) is 0 Å². The van der Waals surface area contributed by atoms with Crippen molar-refractivity contribution in [2.45, 2.75) is 20.3 Å². The molecule has 0 fully saturated rings. The maximum atomic E-state index is 12.1. The van der Waals surface area contributed by atoms with Crippen LogP contribution in [0.5, 0.6) is 11.5 Å². The van der Waals surface area contributed by atoms with Gasteiger partial charge in [-0.05, 0) is 41.7 Å². The lowest BCUT2D eigenvalue weighted by Gasteiger charge is -2.25. The van der Waals surface area contributed by atoms with Gasteiger partial charge in [-0.1, -0.05) is 54.0 Å². The summed E-state index contributed by atoms with van der Waals surface area (Å²) < 4.78 is 11.8. The molecule has 25 heavy (non-hydrogen) atoms. The van der Waals surface area contributed by atoms with Crippen LogP contribution in [0.3, 0.4) is 0 Å². The lowest BCUT2D eigenvalue weighted by molar-refractivity contribution is -0.123. The first-order valence-electron chi connectivity index (χ1n) is 8.16. The Kier molecular flexibility index (Phi) is 6.88. The van der Waals surface area contributed by atoms with Crippen LogP contribution < -0.4 is 14.8 Å². The Hall–Kier alpha value is -2.01. The van der Waals surface area contributed by atoms with Gasteiger partial charge in [0.2, 0.25) is 0 Å². The van der Waals surface area contributed by atoms with Crippen molar-refractivity contribution >= 4 is 21.8 Å². The van der Waals surface area contributed by atoms with Gasteiger partial charge in [-0.3, -0.25) is 4.79 Å². The Labute approximate surface area is 157 Å². The first kappa shape index (κ1) is 19.3. The van der Waals surface area contributed by atoms with Crippen molar-refractivity contribution in [2.75, 3.05) is 20.3 Å². The Morgan fingerprint density at radius 3 is 2.36 bits per heavy atom. The molecule has 1 amide bonds. The Bertz CT molecular complexity index is 698.